The van der Waals surface area contributed by atoms with Crippen molar-refractivity contribution in [3.05, 3.63) is 90.0 Å². The minimum absolute atomic E-state index is 0.0830. The standard InChI is InChI=1S/C34H43N3O5S/c1-4-27-14-12-13-19-32(27)37(43(40,41)30-17-10-7-11-18-30)25-33(38)36(24-26-20-22-29(42-3)23-21-26)31(5-2)34(39)35-28-15-8-6-9-16-28/h7,10-14,17-23,28,31H,4-6,8-9,15-16,24-25H2,1-3H3,(H,35,39)/t31-/m1/s1. The second kappa shape index (κ2) is 15.0. The van der Waals surface area contributed by atoms with Crippen molar-refractivity contribution in [1.82, 2.24) is 10.2 Å². The highest BCUT2D eigenvalue weighted by Crippen LogP contribution is 2.28. The minimum atomic E-state index is -4.10. The molecule has 1 atom stereocenters. The fraction of sp³-hybridized carbons (Fsp3) is 0.412. The van der Waals surface area contributed by atoms with Gasteiger partial charge in [0.1, 0.15) is 18.3 Å². The Kier molecular flexibility index (Phi) is 11.2. The zero-order chi connectivity index (χ0) is 30.8. The van der Waals surface area contributed by atoms with Gasteiger partial charge in [0.25, 0.3) is 10.0 Å². The summed E-state index contributed by atoms with van der Waals surface area (Å²) in [6, 6.07) is 22.0. The predicted octanol–water partition coefficient (Wildman–Crippen LogP) is 5.71. The van der Waals surface area contributed by atoms with Crippen LogP contribution < -0.4 is 14.4 Å². The maximum Gasteiger partial charge on any atom is 0.264 e. The van der Waals surface area contributed by atoms with E-state index in [1.165, 1.54) is 21.3 Å². The normalized spacial score (nSPS) is 14.5. The molecule has 0 heterocycles. The summed E-state index contributed by atoms with van der Waals surface area (Å²) >= 11 is 0. The fourth-order valence-electron chi connectivity index (χ4n) is 5.68. The summed E-state index contributed by atoms with van der Waals surface area (Å²) in [7, 11) is -2.52. The van der Waals surface area contributed by atoms with E-state index in [-0.39, 0.29) is 23.4 Å². The van der Waals surface area contributed by atoms with E-state index in [9.17, 15) is 18.0 Å². The third kappa shape index (κ3) is 7.96. The van der Waals surface area contributed by atoms with Gasteiger partial charge in [0.2, 0.25) is 11.8 Å². The summed E-state index contributed by atoms with van der Waals surface area (Å²) in [5.74, 6) is 0.0228. The summed E-state index contributed by atoms with van der Waals surface area (Å²) in [6.07, 6.45) is 6.12. The van der Waals surface area contributed by atoms with Crippen LogP contribution in [0.5, 0.6) is 5.75 Å². The molecule has 230 valence electrons. The molecule has 3 aromatic carbocycles. The highest BCUT2D eigenvalue weighted by molar-refractivity contribution is 7.92. The lowest BCUT2D eigenvalue weighted by Crippen LogP contribution is -2.54. The van der Waals surface area contributed by atoms with Crippen molar-refractivity contribution in [3.63, 3.8) is 0 Å². The third-order valence-corrected chi connectivity index (χ3v) is 9.87. The van der Waals surface area contributed by atoms with Gasteiger partial charge < -0.3 is 15.0 Å². The van der Waals surface area contributed by atoms with Gasteiger partial charge in [-0.05, 0) is 67.1 Å². The van der Waals surface area contributed by atoms with E-state index in [0.717, 1.165) is 43.2 Å². The van der Waals surface area contributed by atoms with Crippen molar-refractivity contribution in [2.75, 3.05) is 18.0 Å². The maximum absolute atomic E-state index is 14.3. The van der Waals surface area contributed by atoms with Crippen LogP contribution in [-0.4, -0.2) is 50.9 Å². The van der Waals surface area contributed by atoms with Crippen molar-refractivity contribution in [2.45, 2.75) is 82.3 Å². The molecule has 9 heteroatoms. The highest BCUT2D eigenvalue weighted by Gasteiger charge is 2.35. The van der Waals surface area contributed by atoms with Gasteiger partial charge in [-0.25, -0.2) is 8.42 Å². The van der Waals surface area contributed by atoms with Gasteiger partial charge in [-0.1, -0.05) is 81.6 Å². The quantitative estimate of drug-likeness (QED) is 0.269. The molecule has 1 N–H and O–H groups in total. The van der Waals surface area contributed by atoms with Crippen molar-refractivity contribution in [1.29, 1.82) is 0 Å². The number of amides is 2. The van der Waals surface area contributed by atoms with E-state index in [2.05, 4.69) is 5.32 Å². The molecule has 1 aliphatic rings. The Morgan fingerprint density at radius 3 is 2.19 bits per heavy atom. The predicted molar refractivity (Wildman–Crippen MR) is 169 cm³/mol. The summed E-state index contributed by atoms with van der Waals surface area (Å²) in [6.45, 7) is 3.53. The average molecular weight is 606 g/mol. The zero-order valence-electron chi connectivity index (χ0n) is 25.4. The van der Waals surface area contributed by atoms with Crippen molar-refractivity contribution >= 4 is 27.5 Å². The molecule has 8 nitrogen and oxygen atoms in total. The number of nitrogens with zero attached hydrogens (tertiary/aromatic N) is 2. The van der Waals surface area contributed by atoms with Crippen LogP contribution in [0.4, 0.5) is 5.69 Å². The van der Waals surface area contributed by atoms with Crippen molar-refractivity contribution in [3.8, 4) is 5.75 Å². The fourth-order valence-corrected chi connectivity index (χ4v) is 7.15. The summed E-state index contributed by atoms with van der Waals surface area (Å²) < 4.78 is 34.7. The van der Waals surface area contributed by atoms with E-state index < -0.39 is 28.5 Å². The Balaban J connectivity index is 1.72. The summed E-state index contributed by atoms with van der Waals surface area (Å²) in [5.41, 5.74) is 2.06. The number of carbonyl (C=O) groups is 2. The van der Waals surface area contributed by atoms with Crippen LogP contribution >= 0.6 is 0 Å². The summed E-state index contributed by atoms with van der Waals surface area (Å²) in [5, 5.41) is 3.18. The molecule has 0 aromatic heterocycles. The van der Waals surface area contributed by atoms with Gasteiger partial charge in [-0.3, -0.25) is 13.9 Å². The Hall–Kier alpha value is -3.85. The van der Waals surface area contributed by atoms with E-state index in [1.54, 1.807) is 37.4 Å². The van der Waals surface area contributed by atoms with Crippen LogP contribution in [-0.2, 0) is 32.6 Å². The Morgan fingerprint density at radius 1 is 0.907 bits per heavy atom. The SMILES string of the molecule is CCc1ccccc1N(CC(=O)N(Cc1ccc(OC)cc1)[C@H](CC)C(=O)NC1CCCCC1)S(=O)(=O)c1ccccc1. The monoisotopic (exact) mass is 605 g/mol. The Morgan fingerprint density at radius 2 is 1.56 bits per heavy atom. The lowest BCUT2D eigenvalue weighted by molar-refractivity contribution is -0.140. The van der Waals surface area contributed by atoms with E-state index in [1.807, 2.05) is 50.2 Å². The molecule has 1 saturated carbocycles. The number of para-hydroxylation sites is 1. The third-order valence-electron chi connectivity index (χ3n) is 8.10. The smallest absolute Gasteiger partial charge is 0.264 e. The first-order valence-corrected chi connectivity index (χ1v) is 16.6. The van der Waals surface area contributed by atoms with Crippen LogP contribution in [0.2, 0.25) is 0 Å². The molecule has 43 heavy (non-hydrogen) atoms. The number of rotatable bonds is 13. The molecule has 4 rings (SSSR count). The maximum atomic E-state index is 14.3. The van der Waals surface area contributed by atoms with Crippen molar-refractivity contribution in [2.24, 2.45) is 0 Å². The molecule has 0 aliphatic heterocycles. The number of ether oxygens (including phenoxy) is 1. The van der Waals surface area contributed by atoms with Gasteiger partial charge in [0, 0.05) is 12.6 Å². The molecule has 0 unspecified atom stereocenters. The molecule has 0 saturated heterocycles. The van der Waals surface area contributed by atoms with Crippen LogP contribution in [0.1, 0.15) is 63.5 Å². The average Bonchev–Trinajstić information content (AvgIpc) is 3.04. The van der Waals surface area contributed by atoms with Gasteiger partial charge >= 0.3 is 0 Å². The van der Waals surface area contributed by atoms with Gasteiger partial charge in [0.05, 0.1) is 17.7 Å². The van der Waals surface area contributed by atoms with E-state index in [0.29, 0.717) is 24.3 Å². The molecule has 0 radical (unpaired) electrons. The minimum Gasteiger partial charge on any atom is -0.497 e. The molecule has 3 aromatic rings. The number of hydrogen-bond donors (Lipinski definition) is 1. The first kappa shape index (κ1) is 32.1. The zero-order valence-corrected chi connectivity index (χ0v) is 26.2. The van der Waals surface area contributed by atoms with E-state index >= 15 is 0 Å². The lowest BCUT2D eigenvalue weighted by atomic mass is 9.95. The molecule has 0 spiro atoms. The topological polar surface area (TPSA) is 96.0 Å². The Bertz CT molecular complexity index is 1450. The van der Waals surface area contributed by atoms with Crippen molar-refractivity contribution < 1.29 is 22.7 Å². The Labute approximate surface area is 256 Å². The summed E-state index contributed by atoms with van der Waals surface area (Å²) in [4.78, 5) is 29.7. The molecule has 1 fully saturated rings. The van der Waals surface area contributed by atoms with Crippen LogP contribution in [0.25, 0.3) is 0 Å². The van der Waals surface area contributed by atoms with Crippen LogP contribution in [0.15, 0.2) is 83.8 Å². The molecule has 2 amide bonds. The van der Waals surface area contributed by atoms with E-state index in [4.69, 9.17) is 4.74 Å². The molecular weight excluding hydrogens is 562 g/mol. The lowest BCUT2D eigenvalue weighted by Gasteiger charge is -2.35. The van der Waals surface area contributed by atoms with Gasteiger partial charge in [-0.2, -0.15) is 0 Å². The number of sulfonamides is 1. The molecule has 1 aliphatic carbocycles. The van der Waals surface area contributed by atoms with Crippen LogP contribution in [0.3, 0.4) is 0 Å². The second-order valence-corrected chi connectivity index (χ2v) is 12.8. The number of aryl methyl sites for hydroxylation is 1. The second-order valence-electron chi connectivity index (χ2n) is 10.9. The number of hydrogen-bond acceptors (Lipinski definition) is 5. The number of anilines is 1. The highest BCUT2D eigenvalue weighted by atomic mass is 32.2. The van der Waals surface area contributed by atoms with Crippen LogP contribution in [0, 0.1) is 0 Å². The van der Waals surface area contributed by atoms with Gasteiger partial charge in [0.15, 0.2) is 0 Å². The number of carbonyl (C=O) groups excluding carboxylic acids is 2. The first-order valence-electron chi connectivity index (χ1n) is 15.2. The molecular formula is C34H43N3O5S. The number of methoxy groups -OCH3 is 1. The number of benzene rings is 3. The van der Waals surface area contributed by atoms with Gasteiger partial charge in [-0.15, -0.1) is 0 Å². The number of nitrogens with one attached hydrogen (secondary N) is 1. The largest absolute Gasteiger partial charge is 0.497 e. The molecule has 0 bridgehead atoms. The first-order chi connectivity index (χ1) is 20.8.